The highest BCUT2D eigenvalue weighted by molar-refractivity contribution is 5.03. The smallest absolute Gasteiger partial charge is 0.163 e. The summed E-state index contributed by atoms with van der Waals surface area (Å²) in [7, 11) is 0. The maximum Gasteiger partial charge on any atom is 0.163 e. The van der Waals surface area contributed by atoms with Crippen molar-refractivity contribution in [3.63, 3.8) is 0 Å². The van der Waals surface area contributed by atoms with E-state index in [0.717, 1.165) is 5.57 Å². The van der Waals surface area contributed by atoms with Gasteiger partial charge in [-0.15, -0.1) is 0 Å². The highest BCUT2D eigenvalue weighted by Crippen LogP contribution is 2.23. The van der Waals surface area contributed by atoms with Gasteiger partial charge >= 0.3 is 0 Å². The third-order valence-electron chi connectivity index (χ3n) is 1.75. The van der Waals surface area contributed by atoms with Crippen LogP contribution in [0.25, 0.3) is 0 Å². The van der Waals surface area contributed by atoms with Gasteiger partial charge in [0.25, 0.3) is 0 Å². The Bertz CT molecular complexity index is 184. The third-order valence-corrected chi connectivity index (χ3v) is 1.75. The van der Waals surface area contributed by atoms with Crippen molar-refractivity contribution in [2.24, 2.45) is 0 Å². The highest BCUT2D eigenvalue weighted by Gasteiger charge is 2.31. The number of rotatable bonds is 2. The first-order chi connectivity index (χ1) is 5.53. The summed E-state index contributed by atoms with van der Waals surface area (Å²) in [5.74, 6) is -0.475. The van der Waals surface area contributed by atoms with Gasteiger partial charge in [-0.3, -0.25) is 0 Å². The van der Waals surface area contributed by atoms with Crippen molar-refractivity contribution in [1.29, 1.82) is 0 Å². The Kier molecular flexibility index (Phi) is 2.88. The second-order valence-corrected chi connectivity index (χ2v) is 3.54. The van der Waals surface area contributed by atoms with Crippen LogP contribution in [0.5, 0.6) is 0 Å². The van der Waals surface area contributed by atoms with E-state index >= 15 is 0 Å². The molecule has 0 bridgehead atoms. The number of aliphatic hydroxyl groups is 1. The second kappa shape index (κ2) is 3.56. The second-order valence-electron chi connectivity index (χ2n) is 3.54. The SMILES string of the molecule is CC(=C[C@@H]1COC(C)(C)O1)CO. The number of hydrogen-bond donors (Lipinski definition) is 1. The van der Waals surface area contributed by atoms with Crippen LogP contribution in [0.15, 0.2) is 11.6 Å². The lowest BCUT2D eigenvalue weighted by molar-refractivity contribution is -0.133. The number of ether oxygens (including phenoxy) is 2. The summed E-state index contributed by atoms with van der Waals surface area (Å²) in [5.41, 5.74) is 0.918. The Hall–Kier alpha value is -0.380. The number of aliphatic hydroxyl groups excluding tert-OH is 1. The van der Waals surface area contributed by atoms with E-state index in [9.17, 15) is 0 Å². The van der Waals surface area contributed by atoms with Gasteiger partial charge in [-0.2, -0.15) is 0 Å². The zero-order chi connectivity index (χ0) is 9.19. The van der Waals surface area contributed by atoms with Gasteiger partial charge in [0.05, 0.1) is 13.2 Å². The molecular weight excluding hydrogens is 156 g/mol. The first-order valence-corrected chi connectivity index (χ1v) is 4.13. The van der Waals surface area contributed by atoms with Crippen LogP contribution < -0.4 is 0 Å². The van der Waals surface area contributed by atoms with Crippen molar-refractivity contribution < 1.29 is 14.6 Å². The van der Waals surface area contributed by atoms with Gasteiger partial charge in [0.1, 0.15) is 6.10 Å². The molecule has 12 heavy (non-hydrogen) atoms. The van der Waals surface area contributed by atoms with Gasteiger partial charge in [0.2, 0.25) is 0 Å². The minimum Gasteiger partial charge on any atom is -0.392 e. The predicted octanol–water partition coefficient (Wildman–Crippen LogP) is 1.08. The molecule has 1 heterocycles. The van der Waals surface area contributed by atoms with Crippen LogP contribution in [0, 0.1) is 0 Å². The van der Waals surface area contributed by atoms with Gasteiger partial charge in [-0.25, -0.2) is 0 Å². The van der Waals surface area contributed by atoms with Gasteiger partial charge in [-0.05, 0) is 26.3 Å². The van der Waals surface area contributed by atoms with Crippen LogP contribution in [-0.4, -0.2) is 30.2 Å². The van der Waals surface area contributed by atoms with E-state index in [-0.39, 0.29) is 12.7 Å². The Labute approximate surface area is 73.0 Å². The van der Waals surface area contributed by atoms with E-state index < -0.39 is 5.79 Å². The molecule has 1 aliphatic heterocycles. The summed E-state index contributed by atoms with van der Waals surface area (Å²) < 4.78 is 10.9. The predicted molar refractivity (Wildman–Crippen MR) is 45.7 cm³/mol. The molecule has 0 saturated carbocycles. The lowest BCUT2D eigenvalue weighted by atomic mass is 10.2. The van der Waals surface area contributed by atoms with E-state index in [2.05, 4.69) is 0 Å². The van der Waals surface area contributed by atoms with Gasteiger partial charge in [0.15, 0.2) is 5.79 Å². The van der Waals surface area contributed by atoms with Gasteiger partial charge < -0.3 is 14.6 Å². The molecule has 1 fully saturated rings. The van der Waals surface area contributed by atoms with Crippen LogP contribution in [0.4, 0.5) is 0 Å². The largest absolute Gasteiger partial charge is 0.392 e. The monoisotopic (exact) mass is 172 g/mol. The normalized spacial score (nSPS) is 29.3. The van der Waals surface area contributed by atoms with E-state index in [0.29, 0.717) is 6.61 Å². The molecule has 0 spiro atoms. The van der Waals surface area contributed by atoms with E-state index in [1.807, 2.05) is 26.8 Å². The van der Waals surface area contributed by atoms with Crippen molar-refractivity contribution in [3.05, 3.63) is 11.6 Å². The van der Waals surface area contributed by atoms with Gasteiger partial charge in [0, 0.05) is 0 Å². The Morgan fingerprint density at radius 2 is 2.33 bits per heavy atom. The van der Waals surface area contributed by atoms with Crippen LogP contribution >= 0.6 is 0 Å². The number of hydrogen-bond acceptors (Lipinski definition) is 3. The molecule has 1 rings (SSSR count). The summed E-state index contributed by atoms with van der Waals surface area (Å²) in [6.07, 6.45) is 1.89. The van der Waals surface area contributed by atoms with E-state index in [1.165, 1.54) is 0 Å². The molecule has 70 valence electrons. The van der Waals surface area contributed by atoms with E-state index in [1.54, 1.807) is 0 Å². The molecular formula is C9H16O3. The lowest BCUT2D eigenvalue weighted by Gasteiger charge is -2.15. The van der Waals surface area contributed by atoms with Crippen molar-refractivity contribution in [3.8, 4) is 0 Å². The fourth-order valence-corrected chi connectivity index (χ4v) is 1.17. The standard InChI is InChI=1S/C9H16O3/c1-7(5-10)4-8-6-11-9(2,3)12-8/h4,8,10H,5-6H2,1-3H3/t8-/m1/s1. The minimum absolute atomic E-state index is 0.00727. The first kappa shape index (κ1) is 9.71. The third kappa shape index (κ3) is 2.59. The van der Waals surface area contributed by atoms with Crippen LogP contribution in [-0.2, 0) is 9.47 Å². The molecule has 3 heteroatoms. The Balaban J connectivity index is 2.48. The van der Waals surface area contributed by atoms with Crippen molar-refractivity contribution in [1.82, 2.24) is 0 Å². The fourth-order valence-electron chi connectivity index (χ4n) is 1.17. The minimum atomic E-state index is -0.475. The first-order valence-electron chi connectivity index (χ1n) is 4.13. The fraction of sp³-hybridized carbons (Fsp3) is 0.778. The molecule has 1 aliphatic rings. The molecule has 0 aromatic carbocycles. The van der Waals surface area contributed by atoms with Crippen molar-refractivity contribution in [2.45, 2.75) is 32.7 Å². The van der Waals surface area contributed by atoms with E-state index in [4.69, 9.17) is 14.6 Å². The average molecular weight is 172 g/mol. The lowest BCUT2D eigenvalue weighted by Crippen LogP contribution is -2.20. The average Bonchev–Trinajstić information content (AvgIpc) is 2.30. The zero-order valence-corrected chi connectivity index (χ0v) is 7.83. The van der Waals surface area contributed by atoms with Crippen LogP contribution in [0.1, 0.15) is 20.8 Å². The molecule has 1 atom stereocenters. The molecule has 0 radical (unpaired) electrons. The molecule has 3 nitrogen and oxygen atoms in total. The Morgan fingerprint density at radius 1 is 1.67 bits per heavy atom. The maximum atomic E-state index is 8.76. The summed E-state index contributed by atoms with van der Waals surface area (Å²) in [4.78, 5) is 0. The highest BCUT2D eigenvalue weighted by atomic mass is 16.7. The van der Waals surface area contributed by atoms with Crippen LogP contribution in [0.2, 0.25) is 0 Å². The summed E-state index contributed by atoms with van der Waals surface area (Å²) >= 11 is 0. The molecule has 1 saturated heterocycles. The topological polar surface area (TPSA) is 38.7 Å². The maximum absolute atomic E-state index is 8.76. The van der Waals surface area contributed by atoms with Crippen molar-refractivity contribution >= 4 is 0 Å². The van der Waals surface area contributed by atoms with Crippen LogP contribution in [0.3, 0.4) is 0 Å². The molecule has 0 aromatic rings. The molecule has 0 aliphatic carbocycles. The summed E-state index contributed by atoms with van der Waals surface area (Å²) in [6.45, 7) is 6.30. The van der Waals surface area contributed by atoms with Crippen molar-refractivity contribution in [2.75, 3.05) is 13.2 Å². The molecule has 0 amide bonds. The van der Waals surface area contributed by atoms with Gasteiger partial charge in [-0.1, -0.05) is 6.08 Å². The quantitative estimate of drug-likeness (QED) is 0.633. The summed E-state index contributed by atoms with van der Waals surface area (Å²) in [6, 6.07) is 0. The molecule has 1 N–H and O–H groups in total. The Morgan fingerprint density at radius 3 is 2.75 bits per heavy atom. The zero-order valence-electron chi connectivity index (χ0n) is 7.83. The molecule has 0 aromatic heterocycles. The summed E-state index contributed by atoms with van der Waals surface area (Å²) in [5, 5.41) is 8.76. The molecule has 0 unspecified atom stereocenters.